The van der Waals surface area contributed by atoms with Crippen LogP contribution < -0.4 is 0 Å². The molecule has 7 heteroatoms. The average molecular weight is 328 g/mol. The highest BCUT2D eigenvalue weighted by Gasteiger charge is 2.13. The number of nitrogens with zero attached hydrogens (tertiary/aromatic N) is 3. The molecule has 2 rings (SSSR count). The van der Waals surface area contributed by atoms with Crippen molar-refractivity contribution in [1.82, 2.24) is 14.8 Å². The van der Waals surface area contributed by atoms with Crippen molar-refractivity contribution in [3.63, 3.8) is 0 Å². The van der Waals surface area contributed by atoms with Crippen molar-refractivity contribution in [2.75, 3.05) is 19.5 Å². The number of hydrogen-bond donors (Lipinski definition) is 1. The third-order valence-electron chi connectivity index (χ3n) is 2.96. The van der Waals surface area contributed by atoms with Gasteiger partial charge in [-0.15, -0.1) is 10.2 Å². The van der Waals surface area contributed by atoms with Crippen molar-refractivity contribution in [2.45, 2.75) is 24.2 Å². The third-order valence-corrected chi connectivity index (χ3v) is 4.36. The Hall–Kier alpha value is -1.08. The Kier molecular flexibility index (Phi) is 6.50. The zero-order valence-electron chi connectivity index (χ0n) is 11.8. The SMILES string of the molecule is COCCCn1cnnc1SCC(O)c1ccccc1Cl. The summed E-state index contributed by atoms with van der Waals surface area (Å²) >= 11 is 7.54. The molecule has 5 nitrogen and oxygen atoms in total. The molecule has 0 radical (unpaired) electrons. The number of aliphatic hydroxyl groups is 1. The normalized spacial score (nSPS) is 12.5. The fourth-order valence-electron chi connectivity index (χ4n) is 1.88. The predicted octanol–water partition coefficient (Wildman–Crippen LogP) is 2.79. The van der Waals surface area contributed by atoms with Crippen LogP contribution in [0.1, 0.15) is 18.1 Å². The van der Waals surface area contributed by atoms with E-state index < -0.39 is 6.10 Å². The molecule has 0 bridgehead atoms. The van der Waals surface area contributed by atoms with Gasteiger partial charge in [-0.05, 0) is 18.1 Å². The molecule has 0 aliphatic heterocycles. The van der Waals surface area contributed by atoms with Gasteiger partial charge in [0.2, 0.25) is 0 Å². The minimum absolute atomic E-state index is 0.479. The van der Waals surface area contributed by atoms with Crippen LogP contribution in [0.3, 0.4) is 0 Å². The highest BCUT2D eigenvalue weighted by Crippen LogP contribution is 2.27. The highest BCUT2D eigenvalue weighted by atomic mass is 35.5. The van der Waals surface area contributed by atoms with Crippen molar-refractivity contribution in [3.05, 3.63) is 41.2 Å². The highest BCUT2D eigenvalue weighted by molar-refractivity contribution is 7.99. The summed E-state index contributed by atoms with van der Waals surface area (Å²) in [5, 5.41) is 19.6. The Morgan fingerprint density at radius 2 is 2.24 bits per heavy atom. The van der Waals surface area contributed by atoms with Crippen LogP contribution in [0.2, 0.25) is 5.02 Å². The molecular formula is C14H18ClN3O2S. The Morgan fingerprint density at radius 3 is 3.00 bits per heavy atom. The van der Waals surface area contributed by atoms with E-state index in [0.29, 0.717) is 17.4 Å². The molecule has 1 aromatic carbocycles. The summed E-state index contributed by atoms with van der Waals surface area (Å²) in [7, 11) is 1.68. The van der Waals surface area contributed by atoms with Crippen LogP contribution in [-0.2, 0) is 11.3 Å². The average Bonchev–Trinajstić information content (AvgIpc) is 2.93. The molecular weight excluding hydrogens is 310 g/mol. The van der Waals surface area contributed by atoms with Crippen LogP contribution >= 0.6 is 23.4 Å². The largest absolute Gasteiger partial charge is 0.387 e. The van der Waals surface area contributed by atoms with Gasteiger partial charge in [0.05, 0.1) is 6.10 Å². The van der Waals surface area contributed by atoms with E-state index in [1.165, 1.54) is 11.8 Å². The van der Waals surface area contributed by atoms with Crippen LogP contribution in [0, 0.1) is 0 Å². The van der Waals surface area contributed by atoms with Gasteiger partial charge in [0, 0.05) is 31.0 Å². The lowest BCUT2D eigenvalue weighted by atomic mass is 10.1. The Morgan fingerprint density at radius 1 is 1.43 bits per heavy atom. The third kappa shape index (κ3) is 4.71. The molecule has 0 aliphatic rings. The number of aliphatic hydroxyl groups excluding tert-OH is 1. The van der Waals surface area contributed by atoms with Crippen molar-refractivity contribution in [1.29, 1.82) is 0 Å². The van der Waals surface area contributed by atoms with Crippen LogP contribution in [0.25, 0.3) is 0 Å². The number of benzene rings is 1. The van der Waals surface area contributed by atoms with Gasteiger partial charge in [0.1, 0.15) is 6.33 Å². The number of aryl methyl sites for hydroxylation is 1. The van der Waals surface area contributed by atoms with E-state index in [1.54, 1.807) is 19.5 Å². The predicted molar refractivity (Wildman–Crippen MR) is 83.7 cm³/mol. The molecule has 1 atom stereocenters. The van der Waals surface area contributed by atoms with Crippen molar-refractivity contribution in [3.8, 4) is 0 Å². The maximum Gasteiger partial charge on any atom is 0.191 e. The fourth-order valence-corrected chi connectivity index (χ4v) is 3.03. The molecule has 0 fully saturated rings. The minimum Gasteiger partial charge on any atom is -0.387 e. The first-order valence-corrected chi connectivity index (χ1v) is 8.00. The summed E-state index contributed by atoms with van der Waals surface area (Å²) in [6.07, 6.45) is 1.96. The minimum atomic E-state index is -0.632. The van der Waals surface area contributed by atoms with Crippen molar-refractivity contribution in [2.24, 2.45) is 0 Å². The van der Waals surface area contributed by atoms with E-state index in [9.17, 15) is 5.11 Å². The van der Waals surface area contributed by atoms with E-state index in [0.717, 1.165) is 23.7 Å². The molecule has 1 heterocycles. The summed E-state index contributed by atoms with van der Waals surface area (Å²) in [6, 6.07) is 7.31. The van der Waals surface area contributed by atoms with E-state index in [1.807, 2.05) is 22.8 Å². The lowest BCUT2D eigenvalue weighted by molar-refractivity contribution is 0.189. The number of rotatable bonds is 8. The molecule has 1 aromatic heterocycles. The number of methoxy groups -OCH3 is 1. The quantitative estimate of drug-likeness (QED) is 0.596. The number of hydrogen-bond acceptors (Lipinski definition) is 5. The van der Waals surface area contributed by atoms with Gasteiger partial charge in [0.25, 0.3) is 0 Å². The topological polar surface area (TPSA) is 60.2 Å². The maximum atomic E-state index is 10.2. The molecule has 0 spiro atoms. The van der Waals surface area contributed by atoms with E-state index in [4.69, 9.17) is 16.3 Å². The second kappa shape index (κ2) is 8.38. The first kappa shape index (κ1) is 16.3. The van der Waals surface area contributed by atoms with Crippen LogP contribution in [0.15, 0.2) is 35.7 Å². The Balaban J connectivity index is 1.91. The van der Waals surface area contributed by atoms with Gasteiger partial charge in [0.15, 0.2) is 5.16 Å². The first-order chi connectivity index (χ1) is 10.2. The van der Waals surface area contributed by atoms with Crippen LogP contribution in [0.5, 0.6) is 0 Å². The van der Waals surface area contributed by atoms with E-state index in [-0.39, 0.29) is 0 Å². The van der Waals surface area contributed by atoms with Crippen LogP contribution in [-0.4, -0.2) is 39.3 Å². The standard InChI is InChI=1S/C14H18ClN3O2S/c1-20-8-4-7-18-10-16-17-14(18)21-9-13(19)11-5-2-3-6-12(11)15/h2-3,5-6,10,13,19H,4,7-9H2,1H3. The zero-order valence-corrected chi connectivity index (χ0v) is 13.3. The molecule has 1 N–H and O–H groups in total. The zero-order chi connectivity index (χ0) is 15.1. The number of halogens is 1. The Labute approximate surface area is 133 Å². The maximum absolute atomic E-state index is 10.2. The smallest absolute Gasteiger partial charge is 0.191 e. The molecule has 0 saturated heterocycles. The molecule has 114 valence electrons. The summed E-state index contributed by atoms with van der Waals surface area (Å²) in [6.45, 7) is 1.50. The van der Waals surface area contributed by atoms with E-state index >= 15 is 0 Å². The van der Waals surface area contributed by atoms with Gasteiger partial charge in [-0.1, -0.05) is 41.6 Å². The van der Waals surface area contributed by atoms with Gasteiger partial charge in [-0.25, -0.2) is 0 Å². The molecule has 21 heavy (non-hydrogen) atoms. The van der Waals surface area contributed by atoms with Gasteiger partial charge in [-0.2, -0.15) is 0 Å². The summed E-state index contributed by atoms with van der Waals surface area (Å²) in [5.41, 5.74) is 0.733. The first-order valence-electron chi connectivity index (χ1n) is 6.64. The summed E-state index contributed by atoms with van der Waals surface area (Å²) in [4.78, 5) is 0. The second-order valence-electron chi connectivity index (χ2n) is 4.50. The second-order valence-corrected chi connectivity index (χ2v) is 5.90. The molecule has 1 unspecified atom stereocenters. The molecule has 0 saturated carbocycles. The van der Waals surface area contributed by atoms with Gasteiger partial charge < -0.3 is 14.4 Å². The van der Waals surface area contributed by atoms with Crippen molar-refractivity contribution < 1.29 is 9.84 Å². The van der Waals surface area contributed by atoms with Crippen LogP contribution in [0.4, 0.5) is 0 Å². The Bertz CT molecular complexity index is 565. The number of ether oxygens (including phenoxy) is 1. The van der Waals surface area contributed by atoms with Gasteiger partial charge in [-0.3, -0.25) is 0 Å². The van der Waals surface area contributed by atoms with E-state index in [2.05, 4.69) is 10.2 Å². The summed E-state index contributed by atoms with van der Waals surface area (Å²) in [5.74, 6) is 0.479. The molecule has 0 amide bonds. The number of thioether (sulfide) groups is 1. The van der Waals surface area contributed by atoms with Crippen molar-refractivity contribution >= 4 is 23.4 Å². The lowest BCUT2D eigenvalue weighted by Crippen LogP contribution is -2.05. The molecule has 0 aliphatic carbocycles. The monoisotopic (exact) mass is 327 g/mol. The summed E-state index contributed by atoms with van der Waals surface area (Å²) < 4.78 is 6.99. The fraction of sp³-hybridized carbons (Fsp3) is 0.429. The lowest BCUT2D eigenvalue weighted by Gasteiger charge is -2.12. The van der Waals surface area contributed by atoms with Gasteiger partial charge >= 0.3 is 0 Å². The molecule has 2 aromatic rings. The number of aromatic nitrogens is 3.